The van der Waals surface area contributed by atoms with Crippen LogP contribution in [0.2, 0.25) is 0 Å². The molecule has 0 bridgehead atoms. The highest BCUT2D eigenvalue weighted by Gasteiger charge is 2.27. The Kier molecular flexibility index (Phi) is 10.0. The number of benzene rings is 7. The molecule has 13 aromatic rings. The highest BCUT2D eigenvalue weighted by atomic mass is 32.4. The second-order valence-corrected chi connectivity index (χ2v) is 26.0. The minimum atomic E-state index is -2.39. The van der Waals surface area contributed by atoms with Gasteiger partial charge < -0.3 is 0 Å². The summed E-state index contributed by atoms with van der Waals surface area (Å²) in [5, 5.41) is 13.4. The minimum Gasteiger partial charge on any atom is -0.292 e. The molecule has 10 heteroatoms. The van der Waals surface area contributed by atoms with Crippen molar-refractivity contribution in [2.45, 2.75) is 0 Å². The van der Waals surface area contributed by atoms with Crippen molar-refractivity contribution in [3.63, 3.8) is 0 Å². The molecule has 0 N–H and O–H groups in total. The summed E-state index contributed by atoms with van der Waals surface area (Å²) in [4.78, 5) is 24.2. The summed E-state index contributed by atoms with van der Waals surface area (Å²) < 4.78 is 2.34. The molecule has 0 saturated carbocycles. The van der Waals surface area contributed by atoms with Crippen LogP contribution in [0.5, 0.6) is 0 Å². The molecule has 6 nitrogen and oxygen atoms in total. The zero-order valence-corrected chi connectivity index (χ0v) is 40.3. The summed E-state index contributed by atoms with van der Waals surface area (Å²) in [5.41, 5.74) is 8.74. The lowest BCUT2D eigenvalue weighted by Gasteiger charge is -2.24. The molecule has 0 fully saturated rings. The second-order valence-electron chi connectivity index (χ2n) is 17.2. The standard InChI is InChI=1S/C59H38N6P2S2/c68-66(44-10-3-1-4-11-44,46-25-29-60-30-26-46)48-19-15-41-33-43(37-62-55(41)36-48)40-17-21-51-52-22-16-39-9-7-8-14-50(39)58(52)59-64-54-23-18-42(35-57(54)65(59)56(51)34-40)53-24-20-49(38-63-53)67(69,45-12-5-2-6-13-45)47-27-31-61-32-28-47/h1-38H. The molecule has 0 spiro atoms. The number of imidazole rings is 1. The van der Waals surface area contributed by atoms with E-state index in [9.17, 15) is 0 Å². The summed E-state index contributed by atoms with van der Waals surface area (Å²) in [5.74, 6) is 0. The lowest BCUT2D eigenvalue weighted by molar-refractivity contribution is 1.31. The van der Waals surface area contributed by atoms with Crippen LogP contribution in [0.1, 0.15) is 0 Å². The topological polar surface area (TPSA) is 68.9 Å². The molecule has 0 aliphatic heterocycles. The van der Waals surface area contributed by atoms with Crippen molar-refractivity contribution in [3.05, 3.63) is 231 Å². The minimum absolute atomic E-state index is 0.863. The van der Waals surface area contributed by atoms with Crippen LogP contribution in [0, 0.1) is 0 Å². The van der Waals surface area contributed by atoms with Gasteiger partial charge in [0.2, 0.25) is 0 Å². The van der Waals surface area contributed by atoms with Gasteiger partial charge in [-0.2, -0.15) is 0 Å². The zero-order valence-electron chi connectivity index (χ0n) is 36.8. The van der Waals surface area contributed by atoms with Gasteiger partial charge in [0.1, 0.15) is 5.65 Å². The van der Waals surface area contributed by atoms with Gasteiger partial charge in [-0.15, -0.1) is 0 Å². The largest absolute Gasteiger partial charge is 0.292 e. The first-order chi connectivity index (χ1) is 33.9. The van der Waals surface area contributed by atoms with Crippen LogP contribution in [-0.2, 0) is 23.6 Å². The summed E-state index contributed by atoms with van der Waals surface area (Å²) in [6, 6.07) is 63.7. The first-order valence-corrected chi connectivity index (χ1v) is 28.3. The van der Waals surface area contributed by atoms with Gasteiger partial charge in [0.25, 0.3) is 0 Å². The van der Waals surface area contributed by atoms with Crippen LogP contribution < -0.4 is 31.8 Å². The van der Waals surface area contributed by atoms with Crippen LogP contribution >= 0.6 is 12.1 Å². The predicted octanol–water partition coefficient (Wildman–Crippen LogP) is 11.5. The maximum atomic E-state index is 6.66. The molecule has 2 unspecified atom stereocenters. The Balaban J connectivity index is 0.959. The fraction of sp³-hybridized carbons (Fsp3) is 0. The fourth-order valence-electron chi connectivity index (χ4n) is 9.99. The van der Waals surface area contributed by atoms with Gasteiger partial charge in [-0.1, -0.05) is 151 Å². The molecule has 326 valence electrons. The van der Waals surface area contributed by atoms with Gasteiger partial charge in [-0.25, -0.2) is 4.98 Å². The maximum absolute atomic E-state index is 6.66. The van der Waals surface area contributed by atoms with Crippen molar-refractivity contribution in [2.75, 3.05) is 0 Å². The number of rotatable bonds is 8. The number of aromatic nitrogens is 6. The molecule has 7 aromatic carbocycles. The number of nitrogens with zero attached hydrogens (tertiary/aromatic N) is 6. The maximum Gasteiger partial charge on any atom is 0.147 e. The average Bonchev–Trinajstić information content (AvgIpc) is 3.82. The Bertz CT molecular complexity index is 4160. The molecule has 6 aromatic heterocycles. The van der Waals surface area contributed by atoms with Crippen molar-refractivity contribution in [1.29, 1.82) is 0 Å². The molecule has 2 atom stereocenters. The fourth-order valence-corrected chi connectivity index (χ4v) is 17.3. The highest BCUT2D eigenvalue weighted by Crippen LogP contribution is 2.45. The van der Waals surface area contributed by atoms with Crippen LogP contribution in [0.4, 0.5) is 0 Å². The Morgan fingerprint density at radius 3 is 1.70 bits per heavy atom. The van der Waals surface area contributed by atoms with Gasteiger partial charge in [0.15, 0.2) is 0 Å². The normalized spacial score (nSPS) is 13.6. The van der Waals surface area contributed by atoms with Crippen molar-refractivity contribution in [3.8, 4) is 22.4 Å². The number of hydrogen-bond acceptors (Lipinski definition) is 7. The van der Waals surface area contributed by atoms with E-state index < -0.39 is 12.1 Å². The molecular formula is C59H38N6P2S2. The summed E-state index contributed by atoms with van der Waals surface area (Å²) in [7, 11) is 0. The summed E-state index contributed by atoms with van der Waals surface area (Å²) >= 11 is 13.3. The molecule has 13 rings (SSSR count). The van der Waals surface area contributed by atoms with Gasteiger partial charge >= 0.3 is 0 Å². The third kappa shape index (κ3) is 6.78. The molecule has 0 aliphatic carbocycles. The second kappa shape index (κ2) is 16.6. The van der Waals surface area contributed by atoms with E-state index in [1.165, 1.54) is 10.8 Å². The summed E-state index contributed by atoms with van der Waals surface area (Å²) in [6.45, 7) is 0. The van der Waals surface area contributed by atoms with E-state index in [-0.39, 0.29) is 0 Å². The Hall–Kier alpha value is -7.57. The zero-order chi connectivity index (χ0) is 46.1. The van der Waals surface area contributed by atoms with E-state index in [2.05, 4.69) is 184 Å². The number of hydrogen-bond donors (Lipinski definition) is 0. The molecule has 6 heterocycles. The van der Waals surface area contributed by atoms with Crippen LogP contribution in [-0.4, -0.2) is 29.3 Å². The van der Waals surface area contributed by atoms with E-state index in [1.807, 2.05) is 61.4 Å². The SMILES string of the molecule is S=P(c1ccccc1)(c1ccncc1)c1ccc(-c2ccc3nc4c5c6ccccc6ccc5c5ccc(-c6cnc7cc(P(=S)(c8ccccc8)c8ccncc8)ccc7c6)cc5n4c3c2)nc1. The smallest absolute Gasteiger partial charge is 0.147 e. The third-order valence-electron chi connectivity index (χ3n) is 13.4. The lowest BCUT2D eigenvalue weighted by Crippen LogP contribution is -2.25. The Morgan fingerprint density at radius 1 is 0.377 bits per heavy atom. The number of pyridine rings is 5. The van der Waals surface area contributed by atoms with E-state index in [1.54, 1.807) is 0 Å². The van der Waals surface area contributed by atoms with Gasteiger partial charge in [0.05, 0.1) is 27.8 Å². The lowest BCUT2D eigenvalue weighted by atomic mass is 9.97. The van der Waals surface area contributed by atoms with Crippen molar-refractivity contribution < 1.29 is 0 Å². The molecule has 0 radical (unpaired) electrons. The first kappa shape index (κ1) is 41.6. The van der Waals surface area contributed by atoms with Gasteiger partial charge in [0, 0.05) is 81.8 Å². The molecule has 0 saturated heterocycles. The van der Waals surface area contributed by atoms with Crippen molar-refractivity contribution in [1.82, 2.24) is 29.3 Å². The van der Waals surface area contributed by atoms with Crippen LogP contribution in [0.25, 0.3) is 82.4 Å². The molecule has 69 heavy (non-hydrogen) atoms. The Morgan fingerprint density at radius 2 is 0.986 bits per heavy atom. The average molecular weight is 957 g/mol. The molecule has 0 amide bonds. The first-order valence-electron chi connectivity index (χ1n) is 22.6. The van der Waals surface area contributed by atoms with E-state index in [0.717, 1.165) is 103 Å². The Labute approximate surface area is 408 Å². The highest BCUT2D eigenvalue weighted by molar-refractivity contribution is 8.26. The van der Waals surface area contributed by atoms with Crippen LogP contribution in [0.15, 0.2) is 231 Å². The van der Waals surface area contributed by atoms with E-state index >= 15 is 0 Å². The monoisotopic (exact) mass is 956 g/mol. The van der Waals surface area contributed by atoms with E-state index in [4.69, 9.17) is 38.6 Å². The predicted molar refractivity (Wildman–Crippen MR) is 297 cm³/mol. The van der Waals surface area contributed by atoms with Crippen molar-refractivity contribution >= 4 is 128 Å². The van der Waals surface area contributed by atoms with Gasteiger partial charge in [-0.05, 0) is 115 Å². The van der Waals surface area contributed by atoms with E-state index in [0.29, 0.717) is 0 Å². The number of fused-ring (bicyclic) bond motifs is 11. The van der Waals surface area contributed by atoms with Gasteiger partial charge in [-0.3, -0.25) is 24.3 Å². The van der Waals surface area contributed by atoms with Crippen LogP contribution in [0.3, 0.4) is 0 Å². The molecule has 0 aliphatic rings. The third-order valence-corrected chi connectivity index (χ3v) is 23.3. The quantitative estimate of drug-likeness (QED) is 0.111. The van der Waals surface area contributed by atoms with Crippen molar-refractivity contribution in [2.24, 2.45) is 0 Å². The molecular weight excluding hydrogens is 919 g/mol. The summed E-state index contributed by atoms with van der Waals surface area (Å²) in [6.07, 6.45) is 11.3.